The van der Waals surface area contributed by atoms with Gasteiger partial charge in [0.1, 0.15) is 0 Å². The number of benzene rings is 1. The van der Waals surface area contributed by atoms with Crippen LogP contribution in [0.25, 0.3) is 0 Å². The molecule has 0 aromatic heterocycles. The number of nitrogens with zero attached hydrogens (tertiary/aromatic N) is 3. The molecule has 3 saturated heterocycles. The molecule has 1 amide bonds. The van der Waals surface area contributed by atoms with Gasteiger partial charge in [-0.3, -0.25) is 14.5 Å². The molecule has 3 heterocycles. The quantitative estimate of drug-likeness (QED) is 0.563. The number of piperidine rings is 2. The summed E-state index contributed by atoms with van der Waals surface area (Å²) in [4.78, 5) is 30.0. The summed E-state index contributed by atoms with van der Waals surface area (Å²) in [6, 6.07) is 3.78. The highest BCUT2D eigenvalue weighted by Crippen LogP contribution is 2.41. The van der Waals surface area contributed by atoms with E-state index in [0.717, 1.165) is 6.07 Å². The van der Waals surface area contributed by atoms with Crippen molar-refractivity contribution in [2.75, 3.05) is 44.2 Å². The minimum Gasteiger partial charge on any atom is -0.481 e. The maximum absolute atomic E-state index is 15.7. The average molecular weight is 528 g/mol. The molecule has 0 bridgehead atoms. The third-order valence-electron chi connectivity index (χ3n) is 8.31. The number of carbonyl (C=O) groups is 2. The summed E-state index contributed by atoms with van der Waals surface area (Å²) in [5.41, 5.74) is -1.62. The Kier molecular flexibility index (Phi) is 7.53. The van der Waals surface area contributed by atoms with Gasteiger partial charge in [0.05, 0.1) is 11.5 Å². The maximum Gasteiger partial charge on any atom is 0.416 e. The molecular weight excluding hydrogens is 490 g/mol. The van der Waals surface area contributed by atoms with E-state index in [0.29, 0.717) is 69.7 Å². The molecule has 4 rings (SSSR count). The van der Waals surface area contributed by atoms with E-state index in [1.165, 1.54) is 17.0 Å². The van der Waals surface area contributed by atoms with Gasteiger partial charge in [0.2, 0.25) is 5.67 Å². The number of carbonyl (C=O) groups excluding carboxylic acids is 1. The molecule has 3 aliphatic heterocycles. The van der Waals surface area contributed by atoms with Gasteiger partial charge in [0, 0.05) is 56.9 Å². The highest BCUT2D eigenvalue weighted by atomic mass is 19.4. The normalized spacial score (nSPS) is 25.1. The van der Waals surface area contributed by atoms with Crippen LogP contribution in [0.3, 0.4) is 0 Å². The summed E-state index contributed by atoms with van der Waals surface area (Å²) in [5, 5.41) is 9.30. The molecule has 1 N–H and O–H groups in total. The van der Waals surface area contributed by atoms with Crippen LogP contribution in [0, 0.1) is 5.92 Å². The van der Waals surface area contributed by atoms with Crippen molar-refractivity contribution in [3.05, 3.63) is 29.3 Å². The topological polar surface area (TPSA) is 64.1 Å². The predicted octanol–water partition coefficient (Wildman–Crippen LogP) is 4.92. The van der Waals surface area contributed by atoms with E-state index in [-0.39, 0.29) is 24.4 Å². The van der Waals surface area contributed by atoms with Crippen molar-refractivity contribution in [3.8, 4) is 0 Å². The van der Waals surface area contributed by atoms with Gasteiger partial charge in [-0.25, -0.2) is 4.39 Å². The fourth-order valence-electron chi connectivity index (χ4n) is 5.91. The van der Waals surface area contributed by atoms with E-state index in [9.17, 15) is 27.9 Å². The van der Waals surface area contributed by atoms with Crippen molar-refractivity contribution in [2.24, 2.45) is 5.92 Å². The minimum atomic E-state index is -4.48. The van der Waals surface area contributed by atoms with Gasteiger partial charge in [-0.05, 0) is 76.1 Å². The van der Waals surface area contributed by atoms with E-state index in [2.05, 4.69) is 0 Å². The van der Waals surface area contributed by atoms with Crippen LogP contribution in [0.4, 0.5) is 23.2 Å². The zero-order chi connectivity index (χ0) is 27.2. The van der Waals surface area contributed by atoms with Crippen LogP contribution in [0.2, 0.25) is 0 Å². The highest BCUT2D eigenvalue weighted by molar-refractivity contribution is 5.86. The molecule has 10 heteroatoms. The third kappa shape index (κ3) is 5.89. The fraction of sp³-hybridized carbons (Fsp3) is 0.704. The number of alkyl halides is 4. The fourth-order valence-corrected chi connectivity index (χ4v) is 5.91. The standard InChI is InChI=1S/C27H37F4N3O3/c1-25(2,3)34-15-10-26(28,17-34)24(37)33-13-6-18(7-14-33)21-16-20(27(29,30)31)4-5-22(21)32-11-8-19(9-12-32)23(35)36/h4-5,16,18-19H,6-15,17H2,1-3H3,(H,35,36)/t26-/m1/s1. The Bertz CT molecular complexity index is 1010. The van der Waals surface area contributed by atoms with Crippen molar-refractivity contribution in [1.29, 1.82) is 0 Å². The van der Waals surface area contributed by atoms with Crippen molar-refractivity contribution in [2.45, 2.75) is 76.2 Å². The lowest BCUT2D eigenvalue weighted by Crippen LogP contribution is -2.51. The number of carboxylic acid groups (broad SMARTS) is 1. The van der Waals surface area contributed by atoms with E-state index in [1.807, 2.05) is 30.6 Å². The van der Waals surface area contributed by atoms with Crippen LogP contribution in [0.1, 0.15) is 69.9 Å². The lowest BCUT2D eigenvalue weighted by molar-refractivity contribution is -0.144. The van der Waals surface area contributed by atoms with Crippen LogP contribution in [-0.4, -0.2) is 77.3 Å². The summed E-state index contributed by atoms with van der Waals surface area (Å²) in [5.74, 6) is -2.01. The predicted molar refractivity (Wildman–Crippen MR) is 132 cm³/mol. The molecule has 0 unspecified atom stereocenters. The molecule has 3 aliphatic rings. The molecule has 1 atom stereocenters. The molecule has 206 valence electrons. The molecule has 3 fully saturated rings. The maximum atomic E-state index is 15.7. The molecule has 0 saturated carbocycles. The Morgan fingerprint density at radius 3 is 2.11 bits per heavy atom. The van der Waals surface area contributed by atoms with Gasteiger partial charge in [-0.2, -0.15) is 13.2 Å². The lowest BCUT2D eigenvalue weighted by atomic mass is 9.85. The van der Waals surface area contributed by atoms with E-state index < -0.39 is 35.2 Å². The number of hydrogen-bond donors (Lipinski definition) is 1. The van der Waals surface area contributed by atoms with Crippen LogP contribution >= 0.6 is 0 Å². The number of hydrogen-bond acceptors (Lipinski definition) is 4. The third-order valence-corrected chi connectivity index (χ3v) is 8.31. The zero-order valence-corrected chi connectivity index (χ0v) is 21.8. The summed E-state index contributed by atoms with van der Waals surface area (Å²) in [7, 11) is 0. The lowest BCUT2D eigenvalue weighted by Gasteiger charge is -2.39. The van der Waals surface area contributed by atoms with Gasteiger partial charge in [-0.15, -0.1) is 0 Å². The number of rotatable bonds is 4. The SMILES string of the molecule is CC(C)(C)N1CC[C@](F)(C(=O)N2CCC(c3cc(C(F)(F)F)ccc3N3CCC(C(=O)O)CC3)CC2)C1. The number of halogens is 4. The Hall–Kier alpha value is -2.36. The molecule has 6 nitrogen and oxygen atoms in total. The second kappa shape index (κ2) is 10.1. The van der Waals surface area contributed by atoms with Crippen molar-refractivity contribution < 1.29 is 32.3 Å². The second-order valence-electron chi connectivity index (χ2n) is 11.7. The van der Waals surface area contributed by atoms with Gasteiger partial charge < -0.3 is 14.9 Å². The van der Waals surface area contributed by atoms with Gasteiger partial charge >= 0.3 is 12.1 Å². The Balaban J connectivity index is 1.49. The summed E-state index contributed by atoms with van der Waals surface area (Å²) < 4.78 is 56.4. The molecule has 0 aliphatic carbocycles. The first-order valence-corrected chi connectivity index (χ1v) is 13.1. The van der Waals surface area contributed by atoms with Gasteiger partial charge in [0.15, 0.2) is 0 Å². The summed E-state index contributed by atoms with van der Waals surface area (Å²) in [6.45, 7) is 8.04. The van der Waals surface area contributed by atoms with Crippen molar-refractivity contribution in [1.82, 2.24) is 9.80 Å². The highest BCUT2D eigenvalue weighted by Gasteiger charge is 2.50. The number of anilines is 1. The molecular formula is C27H37F4N3O3. The average Bonchev–Trinajstić information content (AvgIpc) is 3.27. The number of likely N-dealkylation sites (tertiary alicyclic amines) is 2. The smallest absolute Gasteiger partial charge is 0.416 e. The largest absolute Gasteiger partial charge is 0.481 e. The molecule has 0 radical (unpaired) electrons. The van der Waals surface area contributed by atoms with Crippen LogP contribution in [0.5, 0.6) is 0 Å². The van der Waals surface area contributed by atoms with Crippen LogP contribution in [-0.2, 0) is 15.8 Å². The van der Waals surface area contributed by atoms with E-state index >= 15 is 4.39 Å². The van der Waals surface area contributed by atoms with E-state index in [1.54, 1.807) is 0 Å². The molecule has 0 spiro atoms. The Labute approximate surface area is 215 Å². The monoisotopic (exact) mass is 527 g/mol. The first-order chi connectivity index (χ1) is 17.2. The first-order valence-electron chi connectivity index (χ1n) is 13.1. The summed E-state index contributed by atoms with van der Waals surface area (Å²) in [6.07, 6.45) is -2.56. The molecule has 1 aromatic carbocycles. The number of aliphatic carboxylic acids is 1. The van der Waals surface area contributed by atoms with Crippen molar-refractivity contribution in [3.63, 3.8) is 0 Å². The van der Waals surface area contributed by atoms with Gasteiger partial charge in [0.25, 0.3) is 5.91 Å². The number of amides is 1. The Morgan fingerprint density at radius 2 is 1.59 bits per heavy atom. The van der Waals surface area contributed by atoms with Gasteiger partial charge in [-0.1, -0.05) is 0 Å². The molecule has 1 aromatic rings. The van der Waals surface area contributed by atoms with Crippen molar-refractivity contribution >= 4 is 17.6 Å². The Morgan fingerprint density at radius 1 is 0.973 bits per heavy atom. The zero-order valence-electron chi connectivity index (χ0n) is 21.8. The first kappa shape index (κ1) is 27.7. The summed E-state index contributed by atoms with van der Waals surface area (Å²) >= 11 is 0. The number of carboxylic acids is 1. The second-order valence-corrected chi connectivity index (χ2v) is 11.7. The van der Waals surface area contributed by atoms with Crippen LogP contribution < -0.4 is 4.90 Å². The minimum absolute atomic E-state index is 0.0549. The molecule has 37 heavy (non-hydrogen) atoms. The van der Waals surface area contributed by atoms with E-state index in [4.69, 9.17) is 0 Å². The van der Waals surface area contributed by atoms with Crippen LogP contribution in [0.15, 0.2) is 18.2 Å².